The zero-order valence-electron chi connectivity index (χ0n) is 29.3. The molecule has 1 aromatic carbocycles. The van der Waals surface area contributed by atoms with Crippen LogP contribution in [0, 0.1) is 28.6 Å². The topological polar surface area (TPSA) is 234 Å². The van der Waals surface area contributed by atoms with Crippen molar-refractivity contribution in [2.75, 3.05) is 13.2 Å². The number of carboxylic acids is 1. The summed E-state index contributed by atoms with van der Waals surface area (Å²) < 4.78 is 37.1. The molecule has 2 aliphatic carbocycles. The lowest BCUT2D eigenvalue weighted by molar-refractivity contribution is -0.192. The first kappa shape index (κ1) is 42.8. The zero-order valence-corrected chi connectivity index (χ0v) is 29.3. The summed E-state index contributed by atoms with van der Waals surface area (Å²) in [7, 11) is 0. The molecule has 3 unspecified atom stereocenters. The van der Waals surface area contributed by atoms with Crippen LogP contribution in [-0.4, -0.2) is 72.1 Å². The number of nitrogens with one attached hydrogen (secondary N) is 5. The number of amidine groups is 1. The fourth-order valence-electron chi connectivity index (χ4n) is 6.55. The summed E-state index contributed by atoms with van der Waals surface area (Å²) in [5.74, 6) is -3.95. The van der Waals surface area contributed by atoms with Gasteiger partial charge in [0.05, 0.1) is 6.61 Å². The number of guanidine groups is 1. The van der Waals surface area contributed by atoms with Crippen molar-refractivity contribution in [3.63, 3.8) is 0 Å². The number of ether oxygens (including phenoxy) is 1. The molecule has 286 valence electrons. The molecule has 1 aromatic rings. The highest BCUT2D eigenvalue weighted by Crippen LogP contribution is 2.33. The predicted molar refractivity (Wildman–Crippen MR) is 186 cm³/mol. The van der Waals surface area contributed by atoms with E-state index in [1.807, 2.05) is 31.2 Å². The maximum atomic E-state index is 14.1. The minimum Gasteiger partial charge on any atom is -0.475 e. The number of rotatable bonds is 16. The lowest BCUT2D eigenvalue weighted by atomic mass is 9.76. The van der Waals surface area contributed by atoms with Gasteiger partial charge in [-0.1, -0.05) is 69.7 Å². The molecule has 2 amide bonds. The number of halogens is 3. The molecule has 16 heteroatoms. The monoisotopic (exact) mass is 725 g/mol. The van der Waals surface area contributed by atoms with Crippen LogP contribution in [-0.2, 0) is 30.3 Å². The SMILES string of the molecule is CCCOC(=O)C(CCCNC(=N)N)NC(=O)C(NC(=O)C(Cc1ccc(C(=N)N)cc1)C1CCCCC1)C1CCCCC1.O=C(O)C(F)(F)F. The highest BCUT2D eigenvalue weighted by molar-refractivity contribution is 5.95. The quantitative estimate of drug-likeness (QED) is 0.0529. The average molecular weight is 726 g/mol. The van der Waals surface area contributed by atoms with Crippen LogP contribution in [0.1, 0.15) is 102 Å². The summed E-state index contributed by atoms with van der Waals surface area (Å²) in [5, 5.41) is 31.0. The third kappa shape index (κ3) is 15.6. The maximum Gasteiger partial charge on any atom is 0.490 e. The average Bonchev–Trinajstić information content (AvgIpc) is 3.10. The lowest BCUT2D eigenvalue weighted by Crippen LogP contribution is -2.56. The Morgan fingerprint density at radius 3 is 1.94 bits per heavy atom. The first-order valence-corrected chi connectivity index (χ1v) is 17.7. The summed E-state index contributed by atoms with van der Waals surface area (Å²) in [6.45, 7) is 2.56. The largest absolute Gasteiger partial charge is 0.490 e. The van der Waals surface area contributed by atoms with Gasteiger partial charge in [-0.3, -0.25) is 20.4 Å². The van der Waals surface area contributed by atoms with Gasteiger partial charge in [0, 0.05) is 18.0 Å². The van der Waals surface area contributed by atoms with E-state index < -0.39 is 30.2 Å². The van der Waals surface area contributed by atoms with Gasteiger partial charge in [0.2, 0.25) is 11.8 Å². The number of carbonyl (C=O) groups is 4. The minimum atomic E-state index is -5.08. The number of esters is 1. The minimum absolute atomic E-state index is 0.00598. The van der Waals surface area contributed by atoms with Crippen LogP contribution in [0.25, 0.3) is 0 Å². The molecule has 0 bridgehead atoms. The highest BCUT2D eigenvalue weighted by atomic mass is 19.4. The second-order valence-corrected chi connectivity index (χ2v) is 13.2. The molecule has 10 N–H and O–H groups in total. The Morgan fingerprint density at radius 2 is 1.45 bits per heavy atom. The number of nitrogens with two attached hydrogens (primary N) is 2. The third-order valence-electron chi connectivity index (χ3n) is 9.25. The molecule has 0 saturated heterocycles. The molecule has 3 rings (SSSR count). The van der Waals surface area contributed by atoms with E-state index in [4.69, 9.17) is 36.9 Å². The normalized spacial score (nSPS) is 17.0. The van der Waals surface area contributed by atoms with E-state index in [0.29, 0.717) is 37.8 Å². The smallest absolute Gasteiger partial charge is 0.475 e. The van der Waals surface area contributed by atoms with Crippen molar-refractivity contribution in [3.8, 4) is 0 Å². The van der Waals surface area contributed by atoms with Gasteiger partial charge in [0.1, 0.15) is 17.9 Å². The summed E-state index contributed by atoms with van der Waals surface area (Å²) in [4.78, 5) is 49.9. The van der Waals surface area contributed by atoms with Gasteiger partial charge in [-0.15, -0.1) is 0 Å². The standard InChI is InChI=1S/C33H53N7O4.C2HF3O2/c1-2-20-44-32(43)27(14-9-19-38-33(36)37)39-31(42)28(24-12-7-4-8-13-24)40-30(41)26(23-10-5-3-6-11-23)21-22-15-17-25(18-16-22)29(34)35;3-2(4,5)1(6)7/h15-18,23-24,26-28H,2-14,19-21H2,1H3,(H3,34,35)(H,39,42)(H,40,41)(H4,36,37,38);(H,6,7). The molecule has 2 saturated carbocycles. The summed E-state index contributed by atoms with van der Waals surface area (Å²) >= 11 is 0. The predicted octanol–water partition coefficient (Wildman–Crippen LogP) is 4.11. The van der Waals surface area contributed by atoms with Crippen molar-refractivity contribution in [2.45, 2.75) is 115 Å². The van der Waals surface area contributed by atoms with Crippen molar-refractivity contribution >= 4 is 35.5 Å². The molecule has 13 nitrogen and oxygen atoms in total. The van der Waals surface area contributed by atoms with E-state index in [0.717, 1.165) is 63.4 Å². The number of amides is 2. The fourth-order valence-corrected chi connectivity index (χ4v) is 6.55. The molecular weight excluding hydrogens is 671 g/mol. The Kier molecular flexibility index (Phi) is 18.3. The molecule has 0 heterocycles. The third-order valence-corrected chi connectivity index (χ3v) is 9.25. The summed E-state index contributed by atoms with van der Waals surface area (Å²) in [6, 6.07) is 5.88. The van der Waals surface area contributed by atoms with Gasteiger partial charge in [-0.2, -0.15) is 13.2 Å². The molecule has 51 heavy (non-hydrogen) atoms. The maximum absolute atomic E-state index is 14.1. The van der Waals surface area contributed by atoms with Crippen LogP contribution < -0.4 is 27.4 Å². The lowest BCUT2D eigenvalue weighted by Gasteiger charge is -2.34. The second-order valence-electron chi connectivity index (χ2n) is 13.2. The number of hydrogen-bond acceptors (Lipinski definition) is 7. The summed E-state index contributed by atoms with van der Waals surface area (Å²) in [6.07, 6.45) is 7.02. The van der Waals surface area contributed by atoms with Crippen molar-refractivity contribution in [1.29, 1.82) is 10.8 Å². The number of benzene rings is 1. The van der Waals surface area contributed by atoms with E-state index in [1.165, 1.54) is 6.42 Å². The Balaban J connectivity index is 0.00000116. The van der Waals surface area contributed by atoms with Crippen LogP contribution in [0.15, 0.2) is 24.3 Å². The first-order valence-electron chi connectivity index (χ1n) is 17.7. The van der Waals surface area contributed by atoms with E-state index in [2.05, 4.69) is 16.0 Å². The van der Waals surface area contributed by atoms with E-state index in [9.17, 15) is 27.6 Å². The second kappa shape index (κ2) is 21.8. The molecule has 0 aromatic heterocycles. The van der Waals surface area contributed by atoms with Crippen molar-refractivity contribution in [1.82, 2.24) is 16.0 Å². The van der Waals surface area contributed by atoms with Crippen molar-refractivity contribution in [2.24, 2.45) is 29.2 Å². The number of hydrogen-bond donors (Lipinski definition) is 8. The molecular formula is C35H54F3N7O6. The number of nitrogen functional groups attached to an aromatic ring is 1. The highest BCUT2D eigenvalue weighted by Gasteiger charge is 2.39. The van der Waals surface area contributed by atoms with Crippen LogP contribution in [0.5, 0.6) is 0 Å². The zero-order chi connectivity index (χ0) is 38.0. The van der Waals surface area contributed by atoms with Crippen LogP contribution in [0.3, 0.4) is 0 Å². The van der Waals surface area contributed by atoms with E-state index >= 15 is 0 Å². The molecule has 0 spiro atoms. The Bertz CT molecular complexity index is 1300. The van der Waals surface area contributed by atoms with Crippen LogP contribution in [0.2, 0.25) is 0 Å². The fraction of sp³-hybridized carbons (Fsp3) is 0.657. The van der Waals surface area contributed by atoms with Gasteiger partial charge < -0.3 is 37.3 Å². The molecule has 0 aliphatic heterocycles. The molecule has 3 atom stereocenters. The Morgan fingerprint density at radius 1 is 0.902 bits per heavy atom. The molecule has 2 aliphatic rings. The van der Waals surface area contributed by atoms with Gasteiger partial charge in [0.25, 0.3) is 0 Å². The van der Waals surface area contributed by atoms with Crippen molar-refractivity contribution in [3.05, 3.63) is 35.4 Å². The van der Waals surface area contributed by atoms with Gasteiger partial charge in [0.15, 0.2) is 5.96 Å². The molecule has 2 fully saturated rings. The Labute approximate surface area is 297 Å². The number of carboxylic acid groups (broad SMARTS) is 1. The van der Waals surface area contributed by atoms with Crippen molar-refractivity contribution < 1.29 is 42.2 Å². The molecule has 0 radical (unpaired) electrons. The number of alkyl halides is 3. The number of carbonyl (C=O) groups excluding carboxylic acids is 3. The van der Waals surface area contributed by atoms with E-state index in [-0.39, 0.29) is 48.0 Å². The van der Waals surface area contributed by atoms with Gasteiger partial charge in [-0.05, 0) is 68.8 Å². The first-order chi connectivity index (χ1) is 24.1. The van der Waals surface area contributed by atoms with E-state index in [1.54, 1.807) is 0 Å². The summed E-state index contributed by atoms with van der Waals surface area (Å²) in [5.41, 5.74) is 12.7. The van der Waals surface area contributed by atoms with Crippen LogP contribution >= 0.6 is 0 Å². The van der Waals surface area contributed by atoms with Gasteiger partial charge >= 0.3 is 18.1 Å². The number of aliphatic carboxylic acids is 1. The van der Waals surface area contributed by atoms with Crippen LogP contribution in [0.4, 0.5) is 13.2 Å². The Hall–Kier alpha value is -4.37. The van der Waals surface area contributed by atoms with Gasteiger partial charge in [-0.25, -0.2) is 9.59 Å².